The van der Waals surface area contributed by atoms with Crippen molar-refractivity contribution in [1.29, 1.82) is 0 Å². The maximum Gasteiger partial charge on any atom is 0.261 e. The number of anilines is 1. The number of hydrogen-bond acceptors (Lipinski definition) is 7. The van der Waals surface area contributed by atoms with Gasteiger partial charge in [0.15, 0.2) is 11.2 Å². The van der Waals surface area contributed by atoms with E-state index in [1.165, 1.54) is 0 Å². The molecule has 4 aromatic rings. The van der Waals surface area contributed by atoms with Crippen molar-refractivity contribution < 1.29 is 9.53 Å². The second-order valence-electron chi connectivity index (χ2n) is 8.51. The molecule has 4 heterocycles. The molecule has 0 fully saturated rings. The summed E-state index contributed by atoms with van der Waals surface area (Å²) in [4.78, 5) is 35.3. The molecule has 0 aliphatic carbocycles. The van der Waals surface area contributed by atoms with E-state index in [9.17, 15) is 4.79 Å². The van der Waals surface area contributed by atoms with Gasteiger partial charge >= 0.3 is 0 Å². The summed E-state index contributed by atoms with van der Waals surface area (Å²) in [6.45, 7) is 10.2. The Morgan fingerprint density at radius 1 is 1.12 bits per heavy atom. The van der Waals surface area contributed by atoms with Crippen molar-refractivity contribution in [3.8, 4) is 22.6 Å². The van der Waals surface area contributed by atoms with E-state index in [4.69, 9.17) is 9.72 Å². The van der Waals surface area contributed by atoms with Crippen LogP contribution < -0.4 is 5.32 Å². The van der Waals surface area contributed by atoms with Gasteiger partial charge < -0.3 is 14.6 Å². The molecular formula is C24H25N7O2. The third-order valence-corrected chi connectivity index (χ3v) is 5.85. The number of imidazole rings is 1. The minimum absolute atomic E-state index is 0.111. The maximum absolute atomic E-state index is 12.7. The first-order chi connectivity index (χ1) is 15.8. The molecule has 33 heavy (non-hydrogen) atoms. The largest absolute Gasteiger partial charge is 0.358 e. The monoisotopic (exact) mass is 443 g/mol. The molecule has 1 aliphatic heterocycles. The van der Waals surface area contributed by atoms with E-state index < -0.39 is 5.60 Å². The van der Waals surface area contributed by atoms with Crippen LogP contribution in [0.15, 0.2) is 36.9 Å². The fraction of sp³-hybridized carbons (Fsp3) is 0.333. The standard InChI is InChI=1S/C24H25N7O2/c1-6-31-21(16-10-25-14(4)26-11-16)30-20-19(27-12-28-22(20)31)15-7-8-18-17(9-15)24(5,23(32)29-18)33-13(2)3/h7-13H,6H2,1-5H3,(H,29,32). The molecule has 1 unspecified atom stereocenters. The van der Waals surface area contributed by atoms with E-state index in [0.29, 0.717) is 23.6 Å². The molecular weight excluding hydrogens is 418 g/mol. The molecule has 9 heteroatoms. The topological polar surface area (TPSA) is 108 Å². The Labute approximate surface area is 191 Å². The number of rotatable bonds is 5. The molecule has 1 aromatic carbocycles. The van der Waals surface area contributed by atoms with Gasteiger partial charge in [0.1, 0.15) is 29.2 Å². The highest BCUT2D eigenvalue weighted by Crippen LogP contribution is 2.42. The summed E-state index contributed by atoms with van der Waals surface area (Å²) in [7, 11) is 0. The number of amides is 1. The van der Waals surface area contributed by atoms with E-state index >= 15 is 0 Å². The van der Waals surface area contributed by atoms with Gasteiger partial charge in [0.25, 0.3) is 5.91 Å². The van der Waals surface area contributed by atoms with Gasteiger partial charge in [-0.15, -0.1) is 0 Å². The van der Waals surface area contributed by atoms with Gasteiger partial charge in [0.2, 0.25) is 0 Å². The number of hydrogen-bond donors (Lipinski definition) is 1. The third kappa shape index (κ3) is 3.36. The predicted octanol–water partition coefficient (Wildman–Crippen LogP) is 3.87. The van der Waals surface area contributed by atoms with Gasteiger partial charge in [-0.1, -0.05) is 6.07 Å². The Hall–Kier alpha value is -3.72. The van der Waals surface area contributed by atoms with Crippen LogP contribution >= 0.6 is 0 Å². The molecule has 5 rings (SSSR count). The highest BCUT2D eigenvalue weighted by Gasteiger charge is 2.44. The molecule has 168 valence electrons. The van der Waals surface area contributed by atoms with Crippen LogP contribution in [0, 0.1) is 6.92 Å². The zero-order chi connectivity index (χ0) is 23.3. The summed E-state index contributed by atoms with van der Waals surface area (Å²) < 4.78 is 8.07. The summed E-state index contributed by atoms with van der Waals surface area (Å²) in [6, 6.07) is 5.77. The molecule has 0 bridgehead atoms. The van der Waals surface area contributed by atoms with Crippen molar-refractivity contribution in [3.63, 3.8) is 0 Å². The number of benzene rings is 1. The van der Waals surface area contributed by atoms with Crippen LogP contribution in [-0.2, 0) is 21.7 Å². The van der Waals surface area contributed by atoms with Crippen molar-refractivity contribution in [1.82, 2.24) is 29.5 Å². The van der Waals surface area contributed by atoms with Gasteiger partial charge in [-0.25, -0.2) is 24.9 Å². The summed E-state index contributed by atoms with van der Waals surface area (Å²) >= 11 is 0. The SMILES string of the molecule is CCn1c(-c2cnc(C)nc2)nc2c(-c3ccc4c(c3)C(C)(OC(C)C)C(=O)N4)ncnc21. The lowest BCUT2D eigenvalue weighted by atomic mass is 9.94. The van der Waals surface area contributed by atoms with Crippen LogP contribution in [0.25, 0.3) is 33.8 Å². The van der Waals surface area contributed by atoms with Gasteiger partial charge in [-0.2, -0.15) is 0 Å². The van der Waals surface area contributed by atoms with Crippen LogP contribution in [0.3, 0.4) is 0 Å². The predicted molar refractivity (Wildman–Crippen MR) is 124 cm³/mol. The molecule has 1 N–H and O–H groups in total. The molecule has 1 aliphatic rings. The van der Waals surface area contributed by atoms with Crippen LogP contribution in [0.4, 0.5) is 5.69 Å². The normalized spacial score (nSPS) is 17.6. The van der Waals surface area contributed by atoms with Crippen molar-refractivity contribution in [2.24, 2.45) is 0 Å². The van der Waals surface area contributed by atoms with Gasteiger partial charge in [0.05, 0.1) is 11.7 Å². The molecule has 0 saturated heterocycles. The van der Waals surface area contributed by atoms with Gasteiger partial charge in [-0.05, 0) is 46.8 Å². The molecule has 1 atom stereocenters. The minimum atomic E-state index is -1.07. The molecule has 9 nitrogen and oxygen atoms in total. The first-order valence-electron chi connectivity index (χ1n) is 11.0. The van der Waals surface area contributed by atoms with Crippen LogP contribution in [0.5, 0.6) is 0 Å². The number of aryl methyl sites for hydroxylation is 2. The Bertz CT molecular complexity index is 1380. The number of carbonyl (C=O) groups excluding carboxylic acids is 1. The average molecular weight is 444 g/mol. The maximum atomic E-state index is 12.7. The smallest absolute Gasteiger partial charge is 0.261 e. The number of aromatic nitrogens is 6. The number of carbonyl (C=O) groups is 1. The van der Waals surface area contributed by atoms with Gasteiger partial charge in [0, 0.05) is 35.8 Å². The van der Waals surface area contributed by atoms with Gasteiger partial charge in [-0.3, -0.25) is 4.79 Å². The zero-order valence-corrected chi connectivity index (χ0v) is 19.2. The quantitative estimate of drug-likeness (QED) is 0.499. The van der Waals surface area contributed by atoms with Crippen molar-refractivity contribution in [3.05, 3.63) is 48.3 Å². The second kappa shape index (κ2) is 7.70. The Morgan fingerprint density at radius 3 is 2.58 bits per heavy atom. The summed E-state index contributed by atoms with van der Waals surface area (Å²) in [5.74, 6) is 1.26. The lowest BCUT2D eigenvalue weighted by molar-refractivity contribution is -0.144. The Balaban J connectivity index is 1.68. The second-order valence-corrected chi connectivity index (χ2v) is 8.51. The zero-order valence-electron chi connectivity index (χ0n) is 19.2. The molecule has 0 saturated carbocycles. The third-order valence-electron chi connectivity index (χ3n) is 5.85. The lowest BCUT2D eigenvalue weighted by Crippen LogP contribution is -2.36. The molecule has 0 spiro atoms. The van der Waals surface area contributed by atoms with E-state index in [-0.39, 0.29) is 12.0 Å². The van der Waals surface area contributed by atoms with Crippen LogP contribution in [0.2, 0.25) is 0 Å². The summed E-state index contributed by atoms with van der Waals surface area (Å²) in [5.41, 5.74) is 4.21. The number of fused-ring (bicyclic) bond motifs is 2. The fourth-order valence-corrected chi connectivity index (χ4v) is 4.32. The first-order valence-corrected chi connectivity index (χ1v) is 11.0. The lowest BCUT2D eigenvalue weighted by Gasteiger charge is -2.25. The Kier molecular flexibility index (Phi) is 4.93. The molecule has 1 amide bonds. The summed E-state index contributed by atoms with van der Waals surface area (Å²) in [5, 5.41) is 2.93. The number of ether oxygens (including phenoxy) is 1. The highest BCUT2D eigenvalue weighted by atomic mass is 16.5. The summed E-state index contributed by atoms with van der Waals surface area (Å²) in [6.07, 6.45) is 4.97. The minimum Gasteiger partial charge on any atom is -0.358 e. The van der Waals surface area contributed by atoms with Crippen molar-refractivity contribution >= 4 is 22.8 Å². The van der Waals surface area contributed by atoms with E-state index in [2.05, 4.69) is 25.3 Å². The van der Waals surface area contributed by atoms with E-state index in [0.717, 1.165) is 33.8 Å². The van der Waals surface area contributed by atoms with Crippen molar-refractivity contribution in [2.75, 3.05) is 5.32 Å². The number of nitrogens with one attached hydrogen (secondary N) is 1. The van der Waals surface area contributed by atoms with E-state index in [1.54, 1.807) is 25.6 Å². The van der Waals surface area contributed by atoms with E-state index in [1.807, 2.05) is 50.5 Å². The Morgan fingerprint density at radius 2 is 1.88 bits per heavy atom. The van der Waals surface area contributed by atoms with Crippen LogP contribution in [0.1, 0.15) is 39.1 Å². The fourth-order valence-electron chi connectivity index (χ4n) is 4.32. The highest BCUT2D eigenvalue weighted by molar-refractivity contribution is 6.05. The van der Waals surface area contributed by atoms with Crippen LogP contribution in [-0.4, -0.2) is 41.5 Å². The number of nitrogens with zero attached hydrogens (tertiary/aromatic N) is 6. The molecule has 0 radical (unpaired) electrons. The van der Waals surface area contributed by atoms with Crippen molar-refractivity contribution in [2.45, 2.75) is 52.9 Å². The molecule has 3 aromatic heterocycles. The first kappa shape index (κ1) is 21.1. The average Bonchev–Trinajstić information content (AvgIpc) is 3.28.